The molecule has 1 saturated heterocycles. The molecule has 3 heteroatoms. The van der Waals surface area contributed by atoms with Gasteiger partial charge in [0.2, 0.25) is 0 Å². The van der Waals surface area contributed by atoms with Crippen LogP contribution in [0.15, 0.2) is 0 Å². The first-order chi connectivity index (χ1) is 7.33. The molecule has 0 radical (unpaired) electrons. The lowest BCUT2D eigenvalue weighted by Gasteiger charge is -2.27. The van der Waals surface area contributed by atoms with E-state index in [2.05, 4.69) is 24.1 Å². The first kappa shape index (κ1) is 12.9. The minimum absolute atomic E-state index is 0.680. The van der Waals surface area contributed by atoms with Crippen molar-refractivity contribution in [3.63, 3.8) is 0 Å². The van der Waals surface area contributed by atoms with Gasteiger partial charge in [0.15, 0.2) is 0 Å². The second-order valence-electron chi connectivity index (χ2n) is 4.39. The van der Waals surface area contributed by atoms with Crippen molar-refractivity contribution in [2.75, 3.05) is 39.4 Å². The van der Waals surface area contributed by atoms with Crippen LogP contribution in [0.4, 0.5) is 0 Å². The quantitative estimate of drug-likeness (QED) is 0.702. The molecule has 1 heterocycles. The molecule has 0 spiro atoms. The molecular formula is C12H26N2O. The summed E-state index contributed by atoms with van der Waals surface area (Å²) >= 11 is 0. The third kappa shape index (κ3) is 6.13. The topological polar surface area (TPSA) is 24.5 Å². The summed E-state index contributed by atoms with van der Waals surface area (Å²) in [5.74, 6) is 0. The molecule has 3 nitrogen and oxygen atoms in total. The highest BCUT2D eigenvalue weighted by Crippen LogP contribution is 2.03. The zero-order valence-corrected chi connectivity index (χ0v) is 10.3. The second kappa shape index (κ2) is 8.08. The van der Waals surface area contributed by atoms with Gasteiger partial charge < -0.3 is 15.0 Å². The van der Waals surface area contributed by atoms with E-state index >= 15 is 0 Å². The monoisotopic (exact) mass is 214 g/mol. The van der Waals surface area contributed by atoms with Gasteiger partial charge in [0.05, 0.1) is 0 Å². The molecule has 1 fully saturated rings. The van der Waals surface area contributed by atoms with Crippen LogP contribution in [0.5, 0.6) is 0 Å². The van der Waals surface area contributed by atoms with Gasteiger partial charge in [-0.25, -0.2) is 0 Å². The van der Waals surface area contributed by atoms with E-state index in [-0.39, 0.29) is 0 Å². The van der Waals surface area contributed by atoms with Gasteiger partial charge in [-0.15, -0.1) is 0 Å². The molecule has 1 aliphatic heterocycles. The first-order valence-corrected chi connectivity index (χ1v) is 6.36. The zero-order chi connectivity index (χ0) is 10.9. The summed E-state index contributed by atoms with van der Waals surface area (Å²) in [7, 11) is 0. The number of rotatable bonds is 5. The molecule has 1 rings (SSSR count). The van der Waals surface area contributed by atoms with E-state index in [0.717, 1.165) is 13.2 Å². The van der Waals surface area contributed by atoms with Crippen LogP contribution in [0.3, 0.4) is 0 Å². The van der Waals surface area contributed by atoms with Gasteiger partial charge in [0.1, 0.15) is 0 Å². The lowest BCUT2D eigenvalue weighted by molar-refractivity contribution is 0.129. The SMILES string of the molecule is CCOCCCN1CCCNC(C)CC1. The van der Waals surface area contributed by atoms with Crippen molar-refractivity contribution in [2.45, 2.75) is 39.2 Å². The predicted octanol–water partition coefficient (Wildman–Crippen LogP) is 1.49. The van der Waals surface area contributed by atoms with Crippen molar-refractivity contribution >= 4 is 0 Å². The van der Waals surface area contributed by atoms with Crippen LogP contribution in [0.25, 0.3) is 0 Å². The minimum atomic E-state index is 0.680. The van der Waals surface area contributed by atoms with Gasteiger partial charge in [-0.1, -0.05) is 0 Å². The van der Waals surface area contributed by atoms with Crippen molar-refractivity contribution in [1.29, 1.82) is 0 Å². The summed E-state index contributed by atoms with van der Waals surface area (Å²) in [6.07, 6.45) is 3.73. The average Bonchev–Trinajstić information content (AvgIpc) is 2.22. The van der Waals surface area contributed by atoms with Gasteiger partial charge in [0.25, 0.3) is 0 Å². The van der Waals surface area contributed by atoms with E-state index < -0.39 is 0 Å². The summed E-state index contributed by atoms with van der Waals surface area (Å²) in [6, 6.07) is 0.680. The van der Waals surface area contributed by atoms with Gasteiger partial charge in [-0.05, 0) is 52.7 Å². The Hall–Kier alpha value is -0.120. The highest BCUT2D eigenvalue weighted by atomic mass is 16.5. The fourth-order valence-electron chi connectivity index (χ4n) is 2.00. The van der Waals surface area contributed by atoms with E-state index in [9.17, 15) is 0 Å². The molecule has 1 unspecified atom stereocenters. The van der Waals surface area contributed by atoms with Crippen LogP contribution in [-0.2, 0) is 4.74 Å². The third-order valence-corrected chi connectivity index (χ3v) is 2.99. The molecule has 0 aromatic heterocycles. The lowest BCUT2D eigenvalue weighted by atomic mass is 10.2. The highest BCUT2D eigenvalue weighted by molar-refractivity contribution is 4.69. The molecule has 1 N–H and O–H groups in total. The van der Waals surface area contributed by atoms with E-state index in [1.807, 2.05) is 0 Å². The Kier molecular flexibility index (Phi) is 6.98. The van der Waals surface area contributed by atoms with Gasteiger partial charge >= 0.3 is 0 Å². The average molecular weight is 214 g/mol. The van der Waals surface area contributed by atoms with Crippen LogP contribution >= 0.6 is 0 Å². The predicted molar refractivity (Wildman–Crippen MR) is 64.2 cm³/mol. The fourth-order valence-corrected chi connectivity index (χ4v) is 2.00. The van der Waals surface area contributed by atoms with Crippen LogP contribution in [0, 0.1) is 0 Å². The van der Waals surface area contributed by atoms with Crippen LogP contribution < -0.4 is 5.32 Å². The third-order valence-electron chi connectivity index (χ3n) is 2.99. The Morgan fingerprint density at radius 2 is 2.27 bits per heavy atom. The molecule has 0 bridgehead atoms. The number of hydrogen-bond acceptors (Lipinski definition) is 3. The molecular weight excluding hydrogens is 188 g/mol. The maximum Gasteiger partial charge on any atom is 0.0478 e. The summed E-state index contributed by atoms with van der Waals surface area (Å²) in [6.45, 7) is 11.0. The lowest BCUT2D eigenvalue weighted by Crippen LogP contribution is -2.39. The molecule has 0 saturated carbocycles. The summed E-state index contributed by atoms with van der Waals surface area (Å²) < 4.78 is 5.36. The largest absolute Gasteiger partial charge is 0.382 e. The zero-order valence-electron chi connectivity index (χ0n) is 10.3. The Bertz CT molecular complexity index is 153. The second-order valence-corrected chi connectivity index (χ2v) is 4.39. The van der Waals surface area contributed by atoms with E-state index in [4.69, 9.17) is 4.74 Å². The van der Waals surface area contributed by atoms with Crippen molar-refractivity contribution in [3.05, 3.63) is 0 Å². The van der Waals surface area contributed by atoms with Crippen molar-refractivity contribution in [2.24, 2.45) is 0 Å². The first-order valence-electron chi connectivity index (χ1n) is 6.36. The smallest absolute Gasteiger partial charge is 0.0478 e. The number of hydrogen-bond donors (Lipinski definition) is 1. The van der Waals surface area contributed by atoms with Crippen molar-refractivity contribution in [1.82, 2.24) is 10.2 Å². The molecule has 0 aromatic carbocycles. The number of ether oxygens (including phenoxy) is 1. The van der Waals surface area contributed by atoms with Crippen molar-refractivity contribution < 1.29 is 4.74 Å². The fraction of sp³-hybridized carbons (Fsp3) is 1.00. The Balaban J connectivity index is 2.10. The Labute approximate surface area is 94.2 Å². The van der Waals surface area contributed by atoms with Crippen LogP contribution in [-0.4, -0.2) is 50.3 Å². The van der Waals surface area contributed by atoms with Gasteiger partial charge in [-0.3, -0.25) is 0 Å². The molecule has 0 aliphatic carbocycles. The van der Waals surface area contributed by atoms with Crippen LogP contribution in [0.1, 0.15) is 33.1 Å². The summed E-state index contributed by atoms with van der Waals surface area (Å²) in [4.78, 5) is 2.58. The van der Waals surface area contributed by atoms with Gasteiger partial charge in [0, 0.05) is 25.8 Å². The van der Waals surface area contributed by atoms with E-state index in [1.54, 1.807) is 0 Å². The van der Waals surface area contributed by atoms with Crippen LogP contribution in [0.2, 0.25) is 0 Å². The summed E-state index contributed by atoms with van der Waals surface area (Å²) in [5, 5.41) is 3.53. The minimum Gasteiger partial charge on any atom is -0.382 e. The molecule has 15 heavy (non-hydrogen) atoms. The maximum atomic E-state index is 5.36. The van der Waals surface area contributed by atoms with Gasteiger partial charge in [-0.2, -0.15) is 0 Å². The molecule has 0 aromatic rings. The number of nitrogens with one attached hydrogen (secondary N) is 1. The number of nitrogens with zero attached hydrogens (tertiary/aromatic N) is 1. The molecule has 1 atom stereocenters. The normalized spacial score (nSPS) is 24.8. The van der Waals surface area contributed by atoms with E-state index in [1.165, 1.54) is 45.4 Å². The Morgan fingerprint density at radius 1 is 1.40 bits per heavy atom. The van der Waals surface area contributed by atoms with E-state index in [0.29, 0.717) is 6.04 Å². The molecule has 90 valence electrons. The molecule has 0 amide bonds. The van der Waals surface area contributed by atoms with Crippen molar-refractivity contribution in [3.8, 4) is 0 Å². The highest BCUT2D eigenvalue weighted by Gasteiger charge is 2.10. The standard InChI is InChI=1S/C12H26N2O/c1-3-15-11-5-9-14-8-4-7-13-12(2)6-10-14/h12-13H,3-11H2,1-2H3. The maximum absolute atomic E-state index is 5.36. The Morgan fingerprint density at radius 3 is 3.07 bits per heavy atom. The summed E-state index contributed by atoms with van der Waals surface area (Å²) in [5.41, 5.74) is 0. The molecule has 1 aliphatic rings.